The van der Waals surface area contributed by atoms with Crippen molar-refractivity contribution in [1.29, 1.82) is 0 Å². The number of nitrogens with zero attached hydrogens (tertiary/aromatic N) is 2. The Kier molecular flexibility index (Phi) is 5.11. The Morgan fingerprint density at radius 3 is 1.91 bits per heavy atom. The molecule has 12 aromatic rings. The maximum absolute atomic E-state index is 6.49. The van der Waals surface area contributed by atoms with E-state index in [-0.39, 0.29) is 0 Å². The first-order valence-electron chi connectivity index (χ1n) is 18.3. The quantitative estimate of drug-likeness (QED) is 0.179. The van der Waals surface area contributed by atoms with Gasteiger partial charge in [0.25, 0.3) is 0 Å². The van der Waals surface area contributed by atoms with E-state index in [0.29, 0.717) is 0 Å². The highest BCUT2D eigenvalue weighted by atomic mass is 16.3. The highest BCUT2D eigenvalue weighted by molar-refractivity contribution is 6.32. The maximum Gasteiger partial charge on any atom is 0.136 e. The number of benzene rings is 9. The molecular weight excluding hydrogens is 645 g/mol. The van der Waals surface area contributed by atoms with Gasteiger partial charge in [0.2, 0.25) is 0 Å². The zero-order valence-electron chi connectivity index (χ0n) is 28.5. The van der Waals surface area contributed by atoms with Crippen LogP contribution in [0.15, 0.2) is 174 Å². The van der Waals surface area contributed by atoms with Gasteiger partial charge in [-0.2, -0.15) is 0 Å². The standard InChI is InChI=1S/C50H28N2O/c1-2-10-31-27-32(20-19-29(31)9-1)52-43-25-26-45-48(39-14-4-6-18-44(39)53-45)47(43)40-24-23-38-35-13-3-5-17-42(35)51(49(38)50(40)52)33-21-22-34-36-15-7-11-30-12-8-16-37(46(30)36)41(34)28-33/h1-28H. The van der Waals surface area contributed by atoms with E-state index < -0.39 is 0 Å². The summed E-state index contributed by atoms with van der Waals surface area (Å²) in [5.74, 6) is 0. The lowest BCUT2D eigenvalue weighted by Gasteiger charge is -2.14. The number of fused-ring (bicyclic) bond motifs is 15. The van der Waals surface area contributed by atoms with Gasteiger partial charge in [0, 0.05) is 43.7 Å². The molecule has 0 N–H and O–H groups in total. The Morgan fingerprint density at radius 2 is 1.00 bits per heavy atom. The molecule has 0 aliphatic heterocycles. The van der Waals surface area contributed by atoms with Gasteiger partial charge in [-0.15, -0.1) is 0 Å². The third-order valence-corrected chi connectivity index (χ3v) is 11.8. The second kappa shape index (κ2) is 9.81. The van der Waals surface area contributed by atoms with Gasteiger partial charge < -0.3 is 13.6 Å². The SMILES string of the molecule is c1ccc2cc(-n3c4ccc5oc6ccccc6c5c4c4ccc5c6ccccc6n(-c6ccc7c(c6)-c6cccc8cccc-7c68)c5c43)ccc2c1. The molecule has 1 aliphatic rings. The summed E-state index contributed by atoms with van der Waals surface area (Å²) in [6.45, 7) is 0. The monoisotopic (exact) mass is 672 g/mol. The van der Waals surface area contributed by atoms with Crippen LogP contribution in [-0.4, -0.2) is 9.13 Å². The van der Waals surface area contributed by atoms with Crippen molar-refractivity contribution in [3.63, 3.8) is 0 Å². The topological polar surface area (TPSA) is 23.0 Å². The Morgan fingerprint density at radius 1 is 0.321 bits per heavy atom. The van der Waals surface area contributed by atoms with Crippen LogP contribution in [0.3, 0.4) is 0 Å². The molecule has 0 spiro atoms. The van der Waals surface area contributed by atoms with Crippen molar-refractivity contribution in [3.8, 4) is 33.6 Å². The van der Waals surface area contributed by atoms with Crippen molar-refractivity contribution in [1.82, 2.24) is 9.13 Å². The smallest absolute Gasteiger partial charge is 0.136 e. The number of hydrogen-bond acceptors (Lipinski definition) is 1. The molecule has 13 rings (SSSR count). The van der Waals surface area contributed by atoms with E-state index in [2.05, 4.69) is 179 Å². The summed E-state index contributed by atoms with van der Waals surface area (Å²) in [5.41, 5.74) is 14.0. The molecule has 9 aromatic carbocycles. The van der Waals surface area contributed by atoms with Crippen LogP contribution in [0.5, 0.6) is 0 Å². The summed E-state index contributed by atoms with van der Waals surface area (Å²) in [7, 11) is 0. The van der Waals surface area contributed by atoms with Gasteiger partial charge in [-0.1, -0.05) is 121 Å². The summed E-state index contributed by atoms with van der Waals surface area (Å²) in [5, 5.41) is 12.3. The van der Waals surface area contributed by atoms with Crippen LogP contribution in [0.4, 0.5) is 0 Å². The highest BCUT2D eigenvalue weighted by Crippen LogP contribution is 2.50. The predicted octanol–water partition coefficient (Wildman–Crippen LogP) is 13.7. The highest BCUT2D eigenvalue weighted by Gasteiger charge is 2.26. The summed E-state index contributed by atoms with van der Waals surface area (Å²) in [6.07, 6.45) is 0. The zero-order valence-corrected chi connectivity index (χ0v) is 28.5. The van der Waals surface area contributed by atoms with Crippen molar-refractivity contribution in [2.75, 3.05) is 0 Å². The molecule has 0 unspecified atom stereocenters. The first-order chi connectivity index (χ1) is 26.3. The molecule has 0 radical (unpaired) electrons. The van der Waals surface area contributed by atoms with Crippen LogP contribution in [0.2, 0.25) is 0 Å². The first kappa shape index (κ1) is 27.6. The first-order valence-corrected chi connectivity index (χ1v) is 18.3. The van der Waals surface area contributed by atoms with E-state index in [1.807, 2.05) is 0 Å². The molecule has 3 heterocycles. The average molecular weight is 673 g/mol. The molecule has 244 valence electrons. The van der Waals surface area contributed by atoms with Gasteiger partial charge >= 0.3 is 0 Å². The normalized spacial score (nSPS) is 12.5. The largest absolute Gasteiger partial charge is 0.456 e. The third-order valence-electron chi connectivity index (χ3n) is 11.8. The number of furan rings is 1. The van der Waals surface area contributed by atoms with Crippen molar-refractivity contribution in [2.45, 2.75) is 0 Å². The molecule has 3 heteroatoms. The number of aromatic nitrogens is 2. The minimum Gasteiger partial charge on any atom is -0.456 e. The lowest BCUT2D eigenvalue weighted by molar-refractivity contribution is 0.669. The molecule has 3 aromatic heterocycles. The number of para-hydroxylation sites is 2. The lowest BCUT2D eigenvalue weighted by atomic mass is 10.0. The summed E-state index contributed by atoms with van der Waals surface area (Å²) in [6, 6.07) is 62.3. The Labute approximate surface area is 303 Å². The van der Waals surface area contributed by atoms with Crippen LogP contribution in [0, 0.1) is 0 Å². The van der Waals surface area contributed by atoms with Gasteiger partial charge in [-0.05, 0) is 92.3 Å². The van der Waals surface area contributed by atoms with Crippen molar-refractivity contribution >= 4 is 87.1 Å². The van der Waals surface area contributed by atoms with E-state index in [1.165, 1.54) is 81.9 Å². The van der Waals surface area contributed by atoms with Crippen molar-refractivity contribution < 1.29 is 4.42 Å². The minimum atomic E-state index is 0.907. The molecule has 0 saturated heterocycles. The van der Waals surface area contributed by atoms with E-state index in [9.17, 15) is 0 Å². The molecule has 0 amide bonds. The molecule has 0 saturated carbocycles. The Balaban J connectivity index is 1.23. The summed E-state index contributed by atoms with van der Waals surface area (Å²) in [4.78, 5) is 0. The fraction of sp³-hybridized carbons (Fsp3) is 0. The Hall–Kier alpha value is -7.10. The van der Waals surface area contributed by atoms with Crippen LogP contribution in [0.25, 0.3) is 121 Å². The minimum absolute atomic E-state index is 0.907. The van der Waals surface area contributed by atoms with Crippen LogP contribution < -0.4 is 0 Å². The number of hydrogen-bond donors (Lipinski definition) is 0. The summed E-state index contributed by atoms with van der Waals surface area (Å²) < 4.78 is 11.5. The van der Waals surface area contributed by atoms with E-state index in [4.69, 9.17) is 4.42 Å². The van der Waals surface area contributed by atoms with Gasteiger partial charge in [-0.3, -0.25) is 0 Å². The Bertz CT molecular complexity index is 3570. The van der Waals surface area contributed by atoms with E-state index in [1.54, 1.807) is 0 Å². The zero-order chi connectivity index (χ0) is 34.4. The van der Waals surface area contributed by atoms with E-state index in [0.717, 1.165) is 38.8 Å². The van der Waals surface area contributed by atoms with Crippen molar-refractivity contribution in [3.05, 3.63) is 170 Å². The molecule has 0 fully saturated rings. The fourth-order valence-corrected chi connectivity index (χ4v) is 9.62. The molecule has 3 nitrogen and oxygen atoms in total. The van der Waals surface area contributed by atoms with Crippen LogP contribution in [-0.2, 0) is 0 Å². The maximum atomic E-state index is 6.49. The average Bonchev–Trinajstić information content (AvgIpc) is 3.95. The third kappa shape index (κ3) is 3.49. The predicted molar refractivity (Wildman–Crippen MR) is 222 cm³/mol. The lowest BCUT2D eigenvalue weighted by Crippen LogP contribution is -1.99. The molecule has 1 aliphatic carbocycles. The fourth-order valence-electron chi connectivity index (χ4n) is 9.62. The second-order valence-electron chi connectivity index (χ2n) is 14.4. The van der Waals surface area contributed by atoms with Crippen molar-refractivity contribution in [2.24, 2.45) is 0 Å². The molecule has 53 heavy (non-hydrogen) atoms. The van der Waals surface area contributed by atoms with Gasteiger partial charge in [0.05, 0.1) is 22.1 Å². The molecular formula is C50H28N2O. The van der Waals surface area contributed by atoms with Crippen LogP contribution in [0.1, 0.15) is 0 Å². The second-order valence-corrected chi connectivity index (χ2v) is 14.4. The van der Waals surface area contributed by atoms with Crippen LogP contribution >= 0.6 is 0 Å². The van der Waals surface area contributed by atoms with Gasteiger partial charge in [-0.25, -0.2) is 0 Å². The van der Waals surface area contributed by atoms with Gasteiger partial charge in [0.1, 0.15) is 11.2 Å². The number of rotatable bonds is 2. The van der Waals surface area contributed by atoms with Gasteiger partial charge in [0.15, 0.2) is 0 Å². The molecule has 0 bridgehead atoms. The molecule has 0 atom stereocenters. The van der Waals surface area contributed by atoms with E-state index >= 15 is 0 Å². The summed E-state index contributed by atoms with van der Waals surface area (Å²) >= 11 is 0.